The quantitative estimate of drug-likeness (QED) is 0.651. The second kappa shape index (κ2) is 6.30. The number of hydrogen-bond acceptors (Lipinski definition) is 4. The van der Waals surface area contributed by atoms with Crippen LogP contribution < -0.4 is 5.32 Å². The molecule has 110 valence electrons. The summed E-state index contributed by atoms with van der Waals surface area (Å²) in [6.45, 7) is 1.55. The van der Waals surface area contributed by atoms with Crippen LogP contribution in [0.25, 0.3) is 11.3 Å². The maximum Gasteiger partial charge on any atom is 0.187 e. The molecule has 3 nitrogen and oxygen atoms in total. The number of nitrogens with one attached hydrogen (secondary N) is 1. The van der Waals surface area contributed by atoms with Crippen molar-refractivity contribution < 1.29 is 4.79 Å². The van der Waals surface area contributed by atoms with Crippen LogP contribution in [-0.2, 0) is 0 Å². The van der Waals surface area contributed by atoms with Gasteiger partial charge in [0.15, 0.2) is 10.9 Å². The smallest absolute Gasteiger partial charge is 0.187 e. The second-order valence-electron chi connectivity index (χ2n) is 4.78. The Labute approximate surface area is 137 Å². The zero-order chi connectivity index (χ0) is 15.5. The molecular formula is C17H13ClN2OS. The predicted molar refractivity (Wildman–Crippen MR) is 92.3 cm³/mol. The second-order valence-corrected chi connectivity index (χ2v) is 6.04. The van der Waals surface area contributed by atoms with Crippen LogP contribution in [0.2, 0.25) is 5.02 Å². The molecule has 22 heavy (non-hydrogen) atoms. The van der Waals surface area contributed by atoms with Crippen LogP contribution in [0.5, 0.6) is 0 Å². The molecule has 0 unspecified atom stereocenters. The highest BCUT2D eigenvalue weighted by Gasteiger charge is 2.08. The van der Waals surface area contributed by atoms with Crippen molar-refractivity contribution in [3.8, 4) is 11.3 Å². The fourth-order valence-electron chi connectivity index (χ4n) is 2.04. The summed E-state index contributed by atoms with van der Waals surface area (Å²) in [6, 6.07) is 15.0. The molecule has 3 aromatic rings. The van der Waals surface area contributed by atoms with Gasteiger partial charge in [0.25, 0.3) is 0 Å². The average Bonchev–Trinajstić information content (AvgIpc) is 2.96. The summed E-state index contributed by atoms with van der Waals surface area (Å²) in [4.78, 5) is 15.8. The normalized spacial score (nSPS) is 10.5. The van der Waals surface area contributed by atoms with Crippen molar-refractivity contribution in [2.75, 3.05) is 5.32 Å². The van der Waals surface area contributed by atoms with Gasteiger partial charge in [-0.3, -0.25) is 4.79 Å². The molecule has 0 fully saturated rings. The van der Waals surface area contributed by atoms with Gasteiger partial charge in [0, 0.05) is 27.2 Å². The number of carbonyl (C=O) groups excluding carboxylic acids is 1. The van der Waals surface area contributed by atoms with Gasteiger partial charge in [-0.05, 0) is 37.3 Å². The third kappa shape index (κ3) is 3.18. The highest BCUT2D eigenvalue weighted by Crippen LogP contribution is 2.31. The number of thiazole rings is 1. The van der Waals surface area contributed by atoms with E-state index in [0.29, 0.717) is 10.6 Å². The molecule has 1 aromatic heterocycles. The first-order valence-electron chi connectivity index (χ1n) is 6.72. The predicted octanol–water partition coefficient (Wildman–Crippen LogP) is 5.41. The monoisotopic (exact) mass is 328 g/mol. The van der Waals surface area contributed by atoms with Crippen LogP contribution in [0.3, 0.4) is 0 Å². The highest BCUT2D eigenvalue weighted by atomic mass is 35.5. The first-order valence-corrected chi connectivity index (χ1v) is 7.98. The number of aromatic nitrogens is 1. The van der Waals surface area contributed by atoms with E-state index in [1.54, 1.807) is 19.1 Å². The van der Waals surface area contributed by atoms with E-state index in [9.17, 15) is 4.79 Å². The maximum atomic E-state index is 11.3. The van der Waals surface area contributed by atoms with Gasteiger partial charge in [0.2, 0.25) is 0 Å². The third-order valence-electron chi connectivity index (χ3n) is 3.20. The zero-order valence-electron chi connectivity index (χ0n) is 11.8. The van der Waals surface area contributed by atoms with E-state index in [0.717, 1.165) is 22.1 Å². The van der Waals surface area contributed by atoms with Crippen molar-refractivity contribution in [1.29, 1.82) is 0 Å². The zero-order valence-corrected chi connectivity index (χ0v) is 13.4. The van der Waals surface area contributed by atoms with Crippen molar-refractivity contribution in [2.45, 2.75) is 6.92 Å². The van der Waals surface area contributed by atoms with E-state index in [1.165, 1.54) is 11.3 Å². The summed E-state index contributed by atoms with van der Waals surface area (Å²) >= 11 is 7.70. The lowest BCUT2D eigenvalue weighted by Crippen LogP contribution is -1.93. The molecule has 0 aliphatic heterocycles. The summed E-state index contributed by atoms with van der Waals surface area (Å²) < 4.78 is 0. The fraction of sp³-hybridized carbons (Fsp3) is 0.0588. The first kappa shape index (κ1) is 14.8. The van der Waals surface area contributed by atoms with Crippen molar-refractivity contribution in [3.05, 3.63) is 64.5 Å². The van der Waals surface area contributed by atoms with E-state index in [1.807, 2.05) is 41.8 Å². The molecule has 1 N–H and O–H groups in total. The highest BCUT2D eigenvalue weighted by molar-refractivity contribution is 7.14. The van der Waals surface area contributed by atoms with Gasteiger partial charge in [0.05, 0.1) is 5.69 Å². The Hall–Kier alpha value is -2.17. The molecule has 0 radical (unpaired) electrons. The van der Waals surface area contributed by atoms with Gasteiger partial charge >= 0.3 is 0 Å². The van der Waals surface area contributed by atoms with Crippen LogP contribution >= 0.6 is 22.9 Å². The molecule has 2 aromatic carbocycles. The van der Waals surface area contributed by atoms with E-state index in [4.69, 9.17) is 11.6 Å². The summed E-state index contributed by atoms with van der Waals surface area (Å²) in [7, 11) is 0. The molecular weight excluding hydrogens is 316 g/mol. The molecule has 0 atom stereocenters. The Morgan fingerprint density at radius 3 is 2.55 bits per heavy atom. The van der Waals surface area contributed by atoms with Gasteiger partial charge in [-0.2, -0.15) is 0 Å². The lowest BCUT2D eigenvalue weighted by molar-refractivity contribution is 0.101. The van der Waals surface area contributed by atoms with Crippen LogP contribution in [0, 0.1) is 0 Å². The number of nitrogens with zero attached hydrogens (tertiary/aromatic N) is 1. The Morgan fingerprint density at radius 2 is 1.86 bits per heavy atom. The van der Waals surface area contributed by atoms with Crippen LogP contribution in [0.1, 0.15) is 17.3 Å². The van der Waals surface area contributed by atoms with E-state index < -0.39 is 0 Å². The molecule has 0 spiro atoms. The minimum atomic E-state index is 0.0572. The van der Waals surface area contributed by atoms with Gasteiger partial charge in [-0.1, -0.05) is 29.8 Å². The minimum absolute atomic E-state index is 0.0572. The topological polar surface area (TPSA) is 42.0 Å². The number of carbonyl (C=O) groups is 1. The molecule has 5 heteroatoms. The lowest BCUT2D eigenvalue weighted by Gasteiger charge is -2.03. The maximum absolute atomic E-state index is 11.3. The summed E-state index contributed by atoms with van der Waals surface area (Å²) in [5.74, 6) is 0.0572. The summed E-state index contributed by atoms with van der Waals surface area (Å²) in [5.41, 5.74) is 3.35. The number of halogens is 1. The molecule has 0 saturated heterocycles. The van der Waals surface area contributed by atoms with Crippen molar-refractivity contribution in [1.82, 2.24) is 4.98 Å². The van der Waals surface area contributed by atoms with E-state index in [-0.39, 0.29) is 5.78 Å². The van der Waals surface area contributed by atoms with Crippen molar-refractivity contribution in [3.63, 3.8) is 0 Å². The third-order valence-corrected chi connectivity index (χ3v) is 4.28. The number of hydrogen-bond donors (Lipinski definition) is 1. The largest absolute Gasteiger partial charge is 0.332 e. The first-order chi connectivity index (χ1) is 10.6. The number of Topliss-reactive ketones (excluding diaryl/α,β-unsaturated/α-hetero) is 1. The van der Waals surface area contributed by atoms with Gasteiger partial charge < -0.3 is 5.32 Å². The standard InChI is InChI=1S/C17H13ClN2OS/c1-11(21)12-6-8-13(9-7-12)19-17-20-16(10-22-17)14-4-2-3-5-15(14)18/h2-10H,1H3,(H,19,20). The molecule has 1 heterocycles. The molecule has 0 aliphatic rings. The summed E-state index contributed by atoms with van der Waals surface area (Å²) in [5, 5.41) is 6.67. The molecule has 3 rings (SSSR count). The molecule has 0 bridgehead atoms. The van der Waals surface area contributed by atoms with Crippen molar-refractivity contribution in [2.24, 2.45) is 0 Å². The SMILES string of the molecule is CC(=O)c1ccc(Nc2nc(-c3ccccc3Cl)cs2)cc1. The number of anilines is 2. The number of ketones is 1. The Kier molecular flexibility index (Phi) is 4.22. The van der Waals surface area contributed by atoms with E-state index in [2.05, 4.69) is 10.3 Å². The number of rotatable bonds is 4. The van der Waals surface area contributed by atoms with E-state index >= 15 is 0 Å². The van der Waals surface area contributed by atoms with Gasteiger partial charge in [-0.15, -0.1) is 11.3 Å². The average molecular weight is 329 g/mol. The Balaban J connectivity index is 1.80. The van der Waals surface area contributed by atoms with Gasteiger partial charge in [-0.25, -0.2) is 4.98 Å². The van der Waals surface area contributed by atoms with Crippen molar-refractivity contribution >= 4 is 39.5 Å². The fourth-order valence-corrected chi connectivity index (χ4v) is 3.00. The molecule has 0 amide bonds. The van der Waals surface area contributed by atoms with Crippen LogP contribution in [0.15, 0.2) is 53.9 Å². The Bertz CT molecular complexity index is 812. The number of benzene rings is 2. The summed E-state index contributed by atoms with van der Waals surface area (Å²) in [6.07, 6.45) is 0. The lowest BCUT2D eigenvalue weighted by atomic mass is 10.1. The van der Waals surface area contributed by atoms with Gasteiger partial charge in [0.1, 0.15) is 0 Å². The van der Waals surface area contributed by atoms with Crippen LogP contribution in [-0.4, -0.2) is 10.8 Å². The Morgan fingerprint density at radius 1 is 1.14 bits per heavy atom. The van der Waals surface area contributed by atoms with Crippen LogP contribution in [0.4, 0.5) is 10.8 Å². The molecule has 0 saturated carbocycles. The molecule has 0 aliphatic carbocycles. The minimum Gasteiger partial charge on any atom is -0.332 e.